The number of aromatic hydroxyl groups is 3. The SMILES string of the molecule is NC(=O)c1c(-c2nc(C(F)(F)Sc3ccc(F)c(O)c3)no2)cc(O)c(O)c1[N+](=O)[O-]. The molecule has 0 radical (unpaired) electrons. The van der Waals surface area contributed by atoms with Crippen LogP contribution in [0.1, 0.15) is 16.2 Å². The highest BCUT2D eigenvalue weighted by Crippen LogP contribution is 2.46. The number of amides is 1. The number of hydrogen-bond donors (Lipinski definition) is 4. The van der Waals surface area contributed by atoms with Crippen molar-refractivity contribution in [1.82, 2.24) is 10.1 Å². The van der Waals surface area contributed by atoms with E-state index in [2.05, 4.69) is 14.7 Å². The fraction of sp³-hybridized carbons (Fsp3) is 0.0625. The van der Waals surface area contributed by atoms with Gasteiger partial charge in [-0.3, -0.25) is 14.9 Å². The Hall–Kier alpha value is -4.01. The molecule has 0 fully saturated rings. The van der Waals surface area contributed by atoms with E-state index in [1.54, 1.807) is 0 Å². The van der Waals surface area contributed by atoms with E-state index >= 15 is 0 Å². The number of primary amides is 1. The predicted molar refractivity (Wildman–Crippen MR) is 96.1 cm³/mol. The van der Waals surface area contributed by atoms with Crippen molar-refractivity contribution in [1.29, 1.82) is 0 Å². The highest BCUT2D eigenvalue weighted by Gasteiger charge is 2.40. The Balaban J connectivity index is 2.06. The van der Waals surface area contributed by atoms with Crippen molar-refractivity contribution in [3.8, 4) is 28.7 Å². The van der Waals surface area contributed by atoms with E-state index in [9.17, 15) is 43.4 Å². The topological polar surface area (TPSA) is 186 Å². The van der Waals surface area contributed by atoms with Crippen molar-refractivity contribution < 1.29 is 42.7 Å². The Morgan fingerprint density at radius 2 is 1.90 bits per heavy atom. The van der Waals surface area contributed by atoms with Crippen LogP contribution in [-0.2, 0) is 5.25 Å². The number of nitro groups is 1. The van der Waals surface area contributed by atoms with Gasteiger partial charge in [-0.2, -0.15) is 13.8 Å². The number of carbonyl (C=O) groups is 1. The third-order valence-corrected chi connectivity index (χ3v) is 4.69. The first-order chi connectivity index (χ1) is 14.4. The van der Waals surface area contributed by atoms with Crippen molar-refractivity contribution in [3.63, 3.8) is 0 Å². The molecule has 0 atom stereocenters. The zero-order valence-corrected chi connectivity index (χ0v) is 15.6. The summed E-state index contributed by atoms with van der Waals surface area (Å²) in [5, 5.41) is 39.0. The molecule has 31 heavy (non-hydrogen) atoms. The fourth-order valence-electron chi connectivity index (χ4n) is 2.44. The number of benzene rings is 2. The second-order valence-corrected chi connectivity index (χ2v) is 6.98. The molecule has 0 unspecified atom stereocenters. The molecule has 0 bridgehead atoms. The number of carbonyl (C=O) groups excluding carboxylic acids is 1. The number of phenolic OH excluding ortho intramolecular Hbond substituents is 3. The quantitative estimate of drug-likeness (QED) is 0.185. The van der Waals surface area contributed by atoms with Crippen LogP contribution in [0.4, 0.5) is 18.9 Å². The van der Waals surface area contributed by atoms with Crippen molar-refractivity contribution in [3.05, 3.63) is 51.6 Å². The van der Waals surface area contributed by atoms with Gasteiger partial charge in [-0.05, 0) is 36.0 Å². The standard InChI is InChI=1S/C16H9F3N4O7S/c17-7-2-1-5(3-8(7)24)31-16(18,19)15-21-14(30-22-15)6-4-9(25)12(26)11(23(28)29)10(6)13(20)27/h1-4,24-26H,(H2,20,27). The third-order valence-electron chi connectivity index (χ3n) is 3.76. The fourth-order valence-corrected chi connectivity index (χ4v) is 3.22. The van der Waals surface area contributed by atoms with Crippen LogP contribution < -0.4 is 5.73 Å². The van der Waals surface area contributed by atoms with E-state index in [4.69, 9.17) is 5.73 Å². The van der Waals surface area contributed by atoms with Gasteiger partial charge in [0.2, 0.25) is 5.75 Å². The van der Waals surface area contributed by atoms with Crippen LogP contribution in [0.5, 0.6) is 17.2 Å². The molecule has 5 N–H and O–H groups in total. The summed E-state index contributed by atoms with van der Waals surface area (Å²) in [6, 6.07) is 3.05. The van der Waals surface area contributed by atoms with Crippen LogP contribution in [0.15, 0.2) is 33.7 Å². The van der Waals surface area contributed by atoms with E-state index in [0.29, 0.717) is 6.07 Å². The predicted octanol–water partition coefficient (Wildman–Crippen LogP) is 2.84. The van der Waals surface area contributed by atoms with Crippen molar-refractivity contribution in [2.75, 3.05) is 0 Å². The summed E-state index contributed by atoms with van der Waals surface area (Å²) < 4.78 is 46.8. The van der Waals surface area contributed by atoms with Crippen LogP contribution in [0.3, 0.4) is 0 Å². The lowest BCUT2D eigenvalue weighted by Crippen LogP contribution is -2.15. The minimum atomic E-state index is -3.90. The molecule has 3 aromatic rings. The molecule has 0 aliphatic rings. The van der Waals surface area contributed by atoms with Gasteiger partial charge in [0, 0.05) is 4.90 Å². The van der Waals surface area contributed by atoms with Crippen molar-refractivity contribution >= 4 is 23.4 Å². The maximum Gasteiger partial charge on any atom is 0.360 e. The number of halogens is 3. The van der Waals surface area contributed by atoms with Gasteiger partial charge in [0.05, 0.1) is 10.5 Å². The van der Waals surface area contributed by atoms with Gasteiger partial charge in [-0.1, -0.05) is 5.16 Å². The summed E-state index contributed by atoms with van der Waals surface area (Å²) in [7, 11) is 0. The lowest BCUT2D eigenvalue weighted by atomic mass is 10.0. The monoisotopic (exact) mass is 458 g/mol. The number of phenols is 3. The first-order valence-electron chi connectivity index (χ1n) is 7.85. The Morgan fingerprint density at radius 3 is 2.48 bits per heavy atom. The summed E-state index contributed by atoms with van der Waals surface area (Å²) in [6.07, 6.45) is 0. The van der Waals surface area contributed by atoms with Crippen LogP contribution in [0, 0.1) is 15.9 Å². The van der Waals surface area contributed by atoms with Crippen molar-refractivity contribution in [2.45, 2.75) is 10.2 Å². The molecule has 11 nitrogen and oxygen atoms in total. The van der Waals surface area contributed by atoms with Gasteiger partial charge in [0.1, 0.15) is 5.56 Å². The van der Waals surface area contributed by atoms with Gasteiger partial charge in [-0.15, -0.1) is 0 Å². The third kappa shape index (κ3) is 4.02. The lowest BCUT2D eigenvalue weighted by Gasteiger charge is -2.11. The molecule has 0 spiro atoms. The summed E-state index contributed by atoms with van der Waals surface area (Å²) in [6.45, 7) is 0. The molecule has 1 heterocycles. The van der Waals surface area contributed by atoms with Gasteiger partial charge in [-0.25, -0.2) is 4.39 Å². The van der Waals surface area contributed by atoms with Crippen molar-refractivity contribution in [2.24, 2.45) is 5.73 Å². The van der Waals surface area contributed by atoms with Crippen LogP contribution >= 0.6 is 11.8 Å². The number of rotatable bonds is 6. The second-order valence-electron chi connectivity index (χ2n) is 5.79. The number of aromatic nitrogens is 2. The van der Waals surface area contributed by atoms with E-state index < -0.39 is 67.7 Å². The van der Waals surface area contributed by atoms with Gasteiger partial charge in [0.15, 0.2) is 17.3 Å². The number of nitro benzene ring substituents is 1. The van der Waals surface area contributed by atoms with E-state index in [1.165, 1.54) is 0 Å². The van der Waals surface area contributed by atoms with Crippen LogP contribution in [-0.4, -0.2) is 36.3 Å². The number of thioether (sulfide) groups is 1. The van der Waals surface area contributed by atoms with Gasteiger partial charge < -0.3 is 25.6 Å². The molecule has 162 valence electrons. The van der Waals surface area contributed by atoms with E-state index in [-0.39, 0.29) is 16.7 Å². The van der Waals surface area contributed by atoms with Crippen LogP contribution in [0.25, 0.3) is 11.5 Å². The molecule has 3 rings (SSSR count). The number of nitrogens with zero attached hydrogens (tertiary/aromatic N) is 3. The maximum atomic E-state index is 14.5. The minimum absolute atomic E-state index is 0.180. The molecule has 0 aliphatic carbocycles. The smallest absolute Gasteiger partial charge is 0.360 e. The number of hydrogen-bond acceptors (Lipinski definition) is 10. The van der Waals surface area contributed by atoms with Gasteiger partial charge >= 0.3 is 10.9 Å². The zero-order valence-electron chi connectivity index (χ0n) is 14.7. The second kappa shape index (κ2) is 7.67. The molecular weight excluding hydrogens is 449 g/mol. The highest BCUT2D eigenvalue weighted by molar-refractivity contribution is 8.00. The highest BCUT2D eigenvalue weighted by atomic mass is 32.2. The number of alkyl halides is 2. The van der Waals surface area contributed by atoms with Gasteiger partial charge in [0.25, 0.3) is 17.6 Å². The number of nitrogens with two attached hydrogens (primary N) is 1. The zero-order chi connectivity index (χ0) is 23.1. The summed E-state index contributed by atoms with van der Waals surface area (Å²) in [5.74, 6) is -7.78. The molecule has 0 saturated heterocycles. The maximum absolute atomic E-state index is 14.5. The Morgan fingerprint density at radius 1 is 1.23 bits per heavy atom. The first-order valence-corrected chi connectivity index (χ1v) is 8.67. The summed E-state index contributed by atoms with van der Waals surface area (Å²) in [5.41, 5.74) is 2.18. The molecule has 0 aliphatic heterocycles. The molecular formula is C16H9F3N4O7S. The van der Waals surface area contributed by atoms with Crippen LogP contribution in [0.2, 0.25) is 0 Å². The van der Waals surface area contributed by atoms with E-state index in [0.717, 1.165) is 18.2 Å². The Labute approximate surface area is 173 Å². The normalized spacial score (nSPS) is 11.5. The Bertz CT molecular complexity index is 1220. The average Bonchev–Trinajstić information content (AvgIpc) is 3.16. The minimum Gasteiger partial charge on any atom is -0.505 e. The largest absolute Gasteiger partial charge is 0.505 e. The first kappa shape index (κ1) is 21.7. The van der Waals surface area contributed by atoms with E-state index in [1.807, 2.05) is 0 Å². The molecule has 0 saturated carbocycles. The average molecular weight is 458 g/mol. The summed E-state index contributed by atoms with van der Waals surface area (Å²) in [4.78, 5) is 24.8. The summed E-state index contributed by atoms with van der Waals surface area (Å²) >= 11 is -0.180. The lowest BCUT2D eigenvalue weighted by molar-refractivity contribution is -0.386. The molecule has 1 amide bonds. The Kier molecular flexibility index (Phi) is 5.37. The molecule has 1 aromatic heterocycles. The molecule has 15 heteroatoms. The molecule has 2 aromatic carbocycles.